The Kier molecular flexibility index (Phi) is 3.00. The first-order chi connectivity index (χ1) is 5.43. The third kappa shape index (κ3) is 2.72. The molecule has 0 radical (unpaired) electrons. The topological polar surface area (TPSA) is 9.23 Å². The highest BCUT2D eigenvalue weighted by Gasteiger charge is 1.83. The van der Waals surface area contributed by atoms with Crippen LogP contribution in [0.15, 0.2) is 55.3 Å². The van der Waals surface area contributed by atoms with Crippen LogP contribution in [0.1, 0.15) is 0 Å². The lowest BCUT2D eigenvalue weighted by Crippen LogP contribution is -1.78. The summed E-state index contributed by atoms with van der Waals surface area (Å²) in [6.07, 6.45) is 5.01. The van der Waals surface area contributed by atoms with Crippen LogP contribution in [0.4, 0.5) is 0 Å². The smallest absolute Gasteiger partial charge is 0.126 e. The zero-order valence-corrected chi connectivity index (χ0v) is 6.23. The van der Waals surface area contributed by atoms with Gasteiger partial charge >= 0.3 is 0 Å². The van der Waals surface area contributed by atoms with Crippen molar-refractivity contribution in [1.29, 1.82) is 0 Å². The van der Waals surface area contributed by atoms with Gasteiger partial charge in [0.05, 0.1) is 6.26 Å². The lowest BCUT2D eigenvalue weighted by Gasteiger charge is -1.96. The normalized spacial score (nSPS) is 9.82. The second-order valence-corrected chi connectivity index (χ2v) is 2.00. The van der Waals surface area contributed by atoms with Crippen LogP contribution in [0.5, 0.6) is 5.75 Å². The summed E-state index contributed by atoms with van der Waals surface area (Å²) in [6.45, 7) is 3.53. The molecule has 0 unspecified atom stereocenters. The van der Waals surface area contributed by atoms with E-state index in [0.717, 1.165) is 5.75 Å². The molecule has 0 heterocycles. The van der Waals surface area contributed by atoms with Crippen LogP contribution in [-0.4, -0.2) is 0 Å². The maximum absolute atomic E-state index is 5.19. The van der Waals surface area contributed by atoms with E-state index in [1.165, 1.54) is 0 Å². The zero-order chi connectivity index (χ0) is 7.94. The molecule has 11 heavy (non-hydrogen) atoms. The predicted molar refractivity (Wildman–Crippen MR) is 46.4 cm³/mol. The number of benzene rings is 1. The molecule has 1 rings (SSSR count). The van der Waals surface area contributed by atoms with Gasteiger partial charge in [-0.1, -0.05) is 30.9 Å². The van der Waals surface area contributed by atoms with Crippen molar-refractivity contribution in [3.63, 3.8) is 0 Å². The van der Waals surface area contributed by atoms with Crippen molar-refractivity contribution in [2.24, 2.45) is 0 Å². The maximum Gasteiger partial charge on any atom is 0.126 e. The SMILES string of the molecule is C=CC=COc1ccccc1. The van der Waals surface area contributed by atoms with Gasteiger partial charge in [0.15, 0.2) is 0 Å². The van der Waals surface area contributed by atoms with E-state index in [1.807, 2.05) is 30.3 Å². The zero-order valence-electron chi connectivity index (χ0n) is 6.23. The second-order valence-electron chi connectivity index (χ2n) is 2.00. The van der Waals surface area contributed by atoms with Gasteiger partial charge in [0, 0.05) is 0 Å². The van der Waals surface area contributed by atoms with E-state index < -0.39 is 0 Å². The monoisotopic (exact) mass is 146 g/mol. The van der Waals surface area contributed by atoms with Gasteiger partial charge in [0.2, 0.25) is 0 Å². The van der Waals surface area contributed by atoms with E-state index in [1.54, 1.807) is 18.4 Å². The fourth-order valence-electron chi connectivity index (χ4n) is 0.672. The minimum atomic E-state index is 0.839. The molecule has 1 aromatic rings. The highest BCUT2D eigenvalue weighted by atomic mass is 16.5. The molecule has 0 N–H and O–H groups in total. The van der Waals surface area contributed by atoms with E-state index in [2.05, 4.69) is 6.58 Å². The number of hydrogen-bond donors (Lipinski definition) is 0. The van der Waals surface area contributed by atoms with Gasteiger partial charge in [0.1, 0.15) is 5.75 Å². The largest absolute Gasteiger partial charge is 0.465 e. The molecule has 56 valence electrons. The minimum absolute atomic E-state index is 0.839. The molecule has 1 aromatic carbocycles. The summed E-state index contributed by atoms with van der Waals surface area (Å²) >= 11 is 0. The molecule has 0 bridgehead atoms. The van der Waals surface area contributed by atoms with Crippen molar-refractivity contribution in [3.05, 3.63) is 55.3 Å². The van der Waals surface area contributed by atoms with Crippen LogP contribution in [0.2, 0.25) is 0 Å². The molecule has 0 saturated carbocycles. The third-order valence-corrected chi connectivity index (χ3v) is 1.16. The van der Waals surface area contributed by atoms with Gasteiger partial charge in [-0.3, -0.25) is 0 Å². The van der Waals surface area contributed by atoms with Gasteiger partial charge in [-0.2, -0.15) is 0 Å². The van der Waals surface area contributed by atoms with Gasteiger partial charge in [-0.25, -0.2) is 0 Å². The molecule has 0 atom stereocenters. The van der Waals surface area contributed by atoms with Crippen LogP contribution in [0, 0.1) is 0 Å². The average molecular weight is 146 g/mol. The molecule has 0 saturated heterocycles. The molecule has 0 aliphatic heterocycles. The van der Waals surface area contributed by atoms with Crippen LogP contribution in [0.25, 0.3) is 0 Å². The molecule has 1 heteroatoms. The Bertz CT molecular complexity index is 236. The Hall–Kier alpha value is -1.50. The van der Waals surface area contributed by atoms with Crippen molar-refractivity contribution >= 4 is 0 Å². The Morgan fingerprint density at radius 2 is 1.91 bits per heavy atom. The molecule has 0 fully saturated rings. The first kappa shape index (κ1) is 7.61. The lowest BCUT2D eigenvalue weighted by atomic mass is 10.3. The summed E-state index contributed by atoms with van der Waals surface area (Å²) in [7, 11) is 0. The highest BCUT2D eigenvalue weighted by Crippen LogP contribution is 2.07. The van der Waals surface area contributed by atoms with Crippen LogP contribution >= 0.6 is 0 Å². The maximum atomic E-state index is 5.19. The third-order valence-electron chi connectivity index (χ3n) is 1.16. The summed E-state index contributed by atoms with van der Waals surface area (Å²) in [6, 6.07) is 9.60. The van der Waals surface area contributed by atoms with Crippen molar-refractivity contribution in [1.82, 2.24) is 0 Å². The average Bonchev–Trinajstić information content (AvgIpc) is 2.07. The number of hydrogen-bond acceptors (Lipinski definition) is 1. The lowest BCUT2D eigenvalue weighted by molar-refractivity contribution is 0.481. The molecule has 0 spiro atoms. The van der Waals surface area contributed by atoms with Crippen LogP contribution in [-0.2, 0) is 0 Å². The van der Waals surface area contributed by atoms with Crippen molar-refractivity contribution in [2.45, 2.75) is 0 Å². The van der Waals surface area contributed by atoms with E-state index >= 15 is 0 Å². The number of ether oxygens (including phenoxy) is 1. The fraction of sp³-hybridized carbons (Fsp3) is 0. The molecule has 0 amide bonds. The molecular formula is C10H10O. The predicted octanol–water partition coefficient (Wildman–Crippen LogP) is 2.77. The molecule has 0 aliphatic rings. The molecule has 0 aromatic heterocycles. The Labute approximate surface area is 66.6 Å². The van der Waals surface area contributed by atoms with Gasteiger partial charge < -0.3 is 4.74 Å². The fourth-order valence-corrected chi connectivity index (χ4v) is 0.672. The number of allylic oxidation sites excluding steroid dienone is 2. The highest BCUT2D eigenvalue weighted by molar-refractivity contribution is 5.22. The number of para-hydroxylation sites is 1. The molecular weight excluding hydrogens is 136 g/mol. The van der Waals surface area contributed by atoms with E-state index in [0.29, 0.717) is 0 Å². The Balaban J connectivity index is 2.51. The summed E-state index contributed by atoms with van der Waals surface area (Å²) < 4.78 is 5.19. The van der Waals surface area contributed by atoms with Crippen molar-refractivity contribution in [2.75, 3.05) is 0 Å². The summed E-state index contributed by atoms with van der Waals surface area (Å²) in [5.74, 6) is 0.839. The Morgan fingerprint density at radius 1 is 1.18 bits per heavy atom. The first-order valence-electron chi connectivity index (χ1n) is 3.43. The Morgan fingerprint density at radius 3 is 2.55 bits per heavy atom. The van der Waals surface area contributed by atoms with Crippen LogP contribution < -0.4 is 4.74 Å². The minimum Gasteiger partial charge on any atom is -0.465 e. The summed E-state index contributed by atoms with van der Waals surface area (Å²) in [5, 5.41) is 0. The van der Waals surface area contributed by atoms with Gasteiger partial charge in [-0.05, 0) is 18.2 Å². The first-order valence-corrected chi connectivity index (χ1v) is 3.43. The molecule has 0 aliphatic carbocycles. The van der Waals surface area contributed by atoms with Crippen LogP contribution in [0.3, 0.4) is 0 Å². The van der Waals surface area contributed by atoms with E-state index in [9.17, 15) is 0 Å². The van der Waals surface area contributed by atoms with E-state index in [4.69, 9.17) is 4.74 Å². The molecule has 1 nitrogen and oxygen atoms in total. The summed E-state index contributed by atoms with van der Waals surface area (Å²) in [5.41, 5.74) is 0. The second kappa shape index (κ2) is 4.34. The van der Waals surface area contributed by atoms with E-state index in [-0.39, 0.29) is 0 Å². The standard InChI is InChI=1S/C10H10O/c1-2-3-9-11-10-7-5-4-6-8-10/h2-9H,1H2. The number of rotatable bonds is 3. The summed E-state index contributed by atoms with van der Waals surface area (Å²) in [4.78, 5) is 0. The van der Waals surface area contributed by atoms with Crippen molar-refractivity contribution < 1.29 is 4.74 Å². The van der Waals surface area contributed by atoms with Gasteiger partial charge in [-0.15, -0.1) is 0 Å². The quantitative estimate of drug-likeness (QED) is 0.470. The van der Waals surface area contributed by atoms with Gasteiger partial charge in [0.25, 0.3) is 0 Å². The van der Waals surface area contributed by atoms with Crippen molar-refractivity contribution in [3.8, 4) is 5.75 Å².